The number of aliphatic imine (C=N–C) groups is 1. The summed E-state index contributed by atoms with van der Waals surface area (Å²) in [5, 5.41) is 10.4. The van der Waals surface area contributed by atoms with Crippen molar-refractivity contribution in [3.05, 3.63) is 59.9 Å². The van der Waals surface area contributed by atoms with Gasteiger partial charge in [-0.1, -0.05) is 30.3 Å². The molecule has 3 N–H and O–H groups in total. The number of aromatic amines is 1. The van der Waals surface area contributed by atoms with Crippen LogP contribution in [0.1, 0.15) is 18.7 Å². The van der Waals surface area contributed by atoms with Gasteiger partial charge in [0.1, 0.15) is 5.82 Å². The molecule has 3 aromatic rings. The molecule has 1 aromatic carbocycles. The predicted octanol–water partition coefficient (Wildman–Crippen LogP) is 3.47. The number of anilines is 1. The number of thiophene rings is 1. The van der Waals surface area contributed by atoms with Crippen molar-refractivity contribution in [2.24, 2.45) is 4.99 Å². The minimum Gasteiger partial charge on any atom is -0.363 e. The lowest BCUT2D eigenvalue weighted by atomic mass is 10.1. The van der Waals surface area contributed by atoms with E-state index in [1.165, 1.54) is 5.00 Å². The van der Waals surface area contributed by atoms with Crippen LogP contribution in [0.3, 0.4) is 0 Å². The van der Waals surface area contributed by atoms with Crippen LogP contribution in [0.15, 0.2) is 59.0 Å². The van der Waals surface area contributed by atoms with Crippen molar-refractivity contribution in [3.63, 3.8) is 0 Å². The fourth-order valence-corrected chi connectivity index (χ4v) is 4.25. The number of rotatable bonds is 5. The summed E-state index contributed by atoms with van der Waals surface area (Å²) in [7, 11) is 1.81. The van der Waals surface area contributed by atoms with Crippen LogP contribution in [0.25, 0.3) is 11.3 Å². The molecule has 28 heavy (non-hydrogen) atoms. The van der Waals surface area contributed by atoms with E-state index in [0.717, 1.165) is 49.0 Å². The second kappa shape index (κ2) is 8.93. The Morgan fingerprint density at radius 3 is 2.75 bits per heavy atom. The van der Waals surface area contributed by atoms with Gasteiger partial charge in [0.15, 0.2) is 5.96 Å². The minimum atomic E-state index is 0.443. The van der Waals surface area contributed by atoms with Gasteiger partial charge in [0.05, 0.1) is 23.4 Å². The smallest absolute Gasteiger partial charge is 0.191 e. The molecule has 1 aliphatic rings. The highest BCUT2D eigenvalue weighted by atomic mass is 32.1. The lowest BCUT2D eigenvalue weighted by Crippen LogP contribution is -2.48. The van der Waals surface area contributed by atoms with Crippen LogP contribution >= 0.6 is 11.3 Å². The zero-order valence-electron chi connectivity index (χ0n) is 16.1. The molecule has 3 heterocycles. The number of H-pyrrole nitrogens is 1. The Kier molecular flexibility index (Phi) is 5.92. The molecular weight excluding hydrogens is 368 g/mol. The molecule has 1 aliphatic heterocycles. The fourth-order valence-electron chi connectivity index (χ4n) is 3.47. The first kappa shape index (κ1) is 18.6. The summed E-state index contributed by atoms with van der Waals surface area (Å²) >= 11 is 1.81. The van der Waals surface area contributed by atoms with Gasteiger partial charge in [0.2, 0.25) is 0 Å². The van der Waals surface area contributed by atoms with E-state index < -0.39 is 0 Å². The maximum atomic E-state index is 4.48. The van der Waals surface area contributed by atoms with Gasteiger partial charge in [0, 0.05) is 26.2 Å². The Morgan fingerprint density at radius 1 is 1.21 bits per heavy atom. The molecule has 0 bridgehead atoms. The van der Waals surface area contributed by atoms with Gasteiger partial charge in [-0.2, -0.15) is 0 Å². The van der Waals surface area contributed by atoms with E-state index in [1.807, 2.05) is 42.8 Å². The van der Waals surface area contributed by atoms with Crippen LogP contribution in [0.5, 0.6) is 0 Å². The summed E-state index contributed by atoms with van der Waals surface area (Å²) in [4.78, 5) is 14.7. The van der Waals surface area contributed by atoms with E-state index in [0.29, 0.717) is 12.6 Å². The molecule has 0 atom stereocenters. The molecule has 0 amide bonds. The van der Waals surface area contributed by atoms with Crippen molar-refractivity contribution in [1.82, 2.24) is 20.6 Å². The summed E-state index contributed by atoms with van der Waals surface area (Å²) in [6, 6.07) is 15.0. The number of aromatic nitrogens is 2. The topological polar surface area (TPSA) is 68.3 Å². The molecule has 1 fully saturated rings. The third-order valence-corrected chi connectivity index (χ3v) is 5.94. The van der Waals surface area contributed by atoms with Crippen molar-refractivity contribution in [1.29, 1.82) is 0 Å². The third kappa shape index (κ3) is 4.54. The Balaban J connectivity index is 1.26. The normalized spacial score (nSPS) is 15.6. The molecule has 0 spiro atoms. The van der Waals surface area contributed by atoms with Crippen molar-refractivity contribution < 1.29 is 0 Å². The Labute approximate surface area is 169 Å². The fraction of sp³-hybridized carbons (Fsp3) is 0.333. The average molecular weight is 395 g/mol. The number of guanidine groups is 1. The highest BCUT2D eigenvalue weighted by molar-refractivity contribution is 7.14. The standard InChI is InChI=1S/C21H26N6S/c1-22-21(25-17-9-11-27(12-10-17)20-8-5-13-28-20)24-15-19-23-14-18(26-19)16-6-3-2-4-7-16/h2-8,13-14,17H,9-12,15H2,1H3,(H,23,26)(H2,22,24,25). The first-order valence-corrected chi connectivity index (χ1v) is 10.5. The molecule has 0 saturated carbocycles. The summed E-state index contributed by atoms with van der Waals surface area (Å²) < 4.78 is 0. The first-order chi connectivity index (χ1) is 13.8. The van der Waals surface area contributed by atoms with E-state index in [2.05, 4.69) is 60.1 Å². The van der Waals surface area contributed by atoms with E-state index in [9.17, 15) is 0 Å². The van der Waals surface area contributed by atoms with Crippen molar-refractivity contribution in [3.8, 4) is 11.3 Å². The summed E-state index contributed by atoms with van der Waals surface area (Å²) in [5.74, 6) is 1.72. The summed E-state index contributed by atoms with van der Waals surface area (Å²) in [6.07, 6.45) is 4.10. The number of piperidine rings is 1. The molecule has 6 nitrogen and oxygen atoms in total. The molecule has 4 rings (SSSR count). The number of hydrogen-bond acceptors (Lipinski definition) is 4. The molecule has 0 radical (unpaired) electrons. The lowest BCUT2D eigenvalue weighted by Gasteiger charge is -2.33. The number of hydrogen-bond donors (Lipinski definition) is 3. The number of nitrogens with zero attached hydrogens (tertiary/aromatic N) is 3. The second-order valence-corrected chi connectivity index (χ2v) is 7.82. The van der Waals surface area contributed by atoms with Crippen LogP contribution in [0, 0.1) is 0 Å². The van der Waals surface area contributed by atoms with Crippen LogP contribution < -0.4 is 15.5 Å². The summed E-state index contributed by atoms with van der Waals surface area (Å²) in [5.41, 5.74) is 2.17. The zero-order chi connectivity index (χ0) is 19.2. The molecular formula is C21H26N6S. The molecule has 7 heteroatoms. The molecule has 2 aromatic heterocycles. The highest BCUT2D eigenvalue weighted by Gasteiger charge is 2.20. The Bertz CT molecular complexity index is 879. The highest BCUT2D eigenvalue weighted by Crippen LogP contribution is 2.24. The minimum absolute atomic E-state index is 0.443. The maximum Gasteiger partial charge on any atom is 0.191 e. The Morgan fingerprint density at radius 2 is 2.04 bits per heavy atom. The third-order valence-electron chi connectivity index (χ3n) is 5.01. The van der Waals surface area contributed by atoms with Gasteiger partial charge in [0.25, 0.3) is 0 Å². The molecule has 0 unspecified atom stereocenters. The average Bonchev–Trinajstić information content (AvgIpc) is 3.44. The number of nitrogens with one attached hydrogen (secondary N) is 3. The van der Waals surface area contributed by atoms with E-state index in [4.69, 9.17) is 0 Å². The van der Waals surface area contributed by atoms with Crippen LogP contribution in [0.2, 0.25) is 0 Å². The van der Waals surface area contributed by atoms with E-state index >= 15 is 0 Å². The Hall–Kier alpha value is -2.80. The van der Waals surface area contributed by atoms with Gasteiger partial charge < -0.3 is 20.5 Å². The van der Waals surface area contributed by atoms with E-state index in [1.54, 1.807) is 0 Å². The molecule has 1 saturated heterocycles. The first-order valence-electron chi connectivity index (χ1n) is 9.67. The quantitative estimate of drug-likeness (QED) is 0.458. The largest absolute Gasteiger partial charge is 0.363 e. The monoisotopic (exact) mass is 394 g/mol. The van der Waals surface area contributed by atoms with Gasteiger partial charge in [-0.25, -0.2) is 4.98 Å². The SMILES string of the molecule is CN=C(NCc1ncc(-c2ccccc2)[nH]1)NC1CCN(c2cccs2)CC1. The molecule has 0 aliphatic carbocycles. The zero-order valence-corrected chi connectivity index (χ0v) is 16.9. The van der Waals surface area contributed by atoms with Crippen molar-refractivity contribution in [2.45, 2.75) is 25.4 Å². The van der Waals surface area contributed by atoms with Crippen molar-refractivity contribution in [2.75, 3.05) is 25.0 Å². The number of imidazole rings is 1. The lowest BCUT2D eigenvalue weighted by molar-refractivity contribution is 0.462. The molecule has 146 valence electrons. The van der Waals surface area contributed by atoms with Gasteiger partial charge >= 0.3 is 0 Å². The second-order valence-electron chi connectivity index (χ2n) is 6.89. The van der Waals surface area contributed by atoms with Crippen LogP contribution in [0.4, 0.5) is 5.00 Å². The van der Waals surface area contributed by atoms with Gasteiger partial charge in [-0.3, -0.25) is 4.99 Å². The van der Waals surface area contributed by atoms with Gasteiger partial charge in [-0.05, 0) is 35.9 Å². The number of benzene rings is 1. The van der Waals surface area contributed by atoms with Crippen LogP contribution in [-0.4, -0.2) is 42.1 Å². The summed E-state index contributed by atoms with van der Waals surface area (Å²) in [6.45, 7) is 2.77. The maximum absolute atomic E-state index is 4.48. The van der Waals surface area contributed by atoms with Gasteiger partial charge in [-0.15, -0.1) is 11.3 Å². The van der Waals surface area contributed by atoms with E-state index in [-0.39, 0.29) is 0 Å². The predicted molar refractivity (Wildman–Crippen MR) is 117 cm³/mol. The van der Waals surface area contributed by atoms with Crippen LogP contribution in [-0.2, 0) is 6.54 Å². The van der Waals surface area contributed by atoms with Crippen molar-refractivity contribution >= 4 is 22.3 Å².